The lowest BCUT2D eigenvalue weighted by Crippen LogP contribution is -2.52. The number of primary amides is 1. The molecule has 16 heavy (non-hydrogen) atoms. The number of urea groups is 1. The van der Waals surface area contributed by atoms with Gasteiger partial charge in [0, 0.05) is 6.54 Å². The zero-order valence-corrected chi connectivity index (χ0v) is 10.7. The van der Waals surface area contributed by atoms with Gasteiger partial charge in [0.2, 0.25) is 0 Å². The third-order valence-electron chi connectivity index (χ3n) is 2.41. The lowest BCUT2D eigenvalue weighted by Gasteiger charge is -2.33. The van der Waals surface area contributed by atoms with Crippen LogP contribution in [0, 0.1) is 0 Å². The molecule has 0 aliphatic rings. The van der Waals surface area contributed by atoms with Crippen molar-refractivity contribution >= 4 is 6.03 Å². The highest BCUT2D eigenvalue weighted by Gasteiger charge is 2.22. The van der Waals surface area contributed by atoms with Crippen LogP contribution in [0.15, 0.2) is 0 Å². The summed E-state index contributed by atoms with van der Waals surface area (Å²) in [6.45, 7) is 1.32. The number of hydrogen-bond acceptors (Lipinski definition) is 4. The summed E-state index contributed by atoms with van der Waals surface area (Å²) in [6, 6.07) is -0.494. The summed E-state index contributed by atoms with van der Waals surface area (Å²) in [5.41, 5.74) is 5.30. The van der Waals surface area contributed by atoms with Crippen molar-refractivity contribution in [3.05, 3.63) is 0 Å². The van der Waals surface area contributed by atoms with E-state index in [1.165, 1.54) is 4.90 Å². The van der Waals surface area contributed by atoms with Crippen molar-refractivity contribution in [1.29, 1.82) is 0 Å². The third kappa shape index (κ3) is 5.29. The van der Waals surface area contributed by atoms with Gasteiger partial charge >= 0.3 is 6.03 Å². The van der Waals surface area contributed by atoms with Crippen LogP contribution in [0.2, 0.25) is 0 Å². The Morgan fingerprint density at radius 2 is 1.81 bits per heavy atom. The standard InChI is InChI=1S/C10H24N4O2/c1-12(2)6-5-7-14(10(11)16)9(8-15)13(3)4/h9,15H,5-8H2,1-4H3,(H2,11,16). The van der Waals surface area contributed by atoms with Gasteiger partial charge in [0.15, 0.2) is 0 Å². The molecule has 1 unspecified atom stereocenters. The van der Waals surface area contributed by atoms with Crippen molar-refractivity contribution < 1.29 is 9.90 Å². The summed E-state index contributed by atoms with van der Waals surface area (Å²) >= 11 is 0. The number of amides is 2. The van der Waals surface area contributed by atoms with Gasteiger partial charge in [0.05, 0.1) is 6.61 Å². The first-order chi connectivity index (χ1) is 7.40. The molecule has 0 saturated heterocycles. The molecule has 0 aromatic heterocycles. The van der Waals surface area contributed by atoms with Gasteiger partial charge in [0.25, 0.3) is 0 Å². The fraction of sp³-hybridized carbons (Fsp3) is 0.900. The average molecular weight is 232 g/mol. The number of carbonyl (C=O) groups excluding carboxylic acids is 1. The first kappa shape index (κ1) is 15.2. The van der Waals surface area contributed by atoms with Crippen molar-refractivity contribution in [3.8, 4) is 0 Å². The van der Waals surface area contributed by atoms with Crippen LogP contribution in [-0.4, -0.2) is 79.9 Å². The Morgan fingerprint density at radius 1 is 1.25 bits per heavy atom. The molecule has 0 aromatic carbocycles. The van der Waals surface area contributed by atoms with Crippen molar-refractivity contribution in [2.75, 3.05) is 47.9 Å². The molecule has 0 fully saturated rings. The van der Waals surface area contributed by atoms with E-state index in [4.69, 9.17) is 5.73 Å². The number of rotatable bonds is 7. The fourth-order valence-corrected chi connectivity index (χ4v) is 1.50. The molecule has 6 nitrogen and oxygen atoms in total. The molecule has 0 radical (unpaired) electrons. The van der Waals surface area contributed by atoms with E-state index in [1.54, 1.807) is 4.90 Å². The van der Waals surface area contributed by atoms with Crippen LogP contribution in [0.3, 0.4) is 0 Å². The normalized spacial score (nSPS) is 13.2. The zero-order chi connectivity index (χ0) is 12.7. The second-order valence-corrected chi connectivity index (χ2v) is 4.32. The van der Waals surface area contributed by atoms with Crippen molar-refractivity contribution in [1.82, 2.24) is 14.7 Å². The average Bonchev–Trinajstić information content (AvgIpc) is 2.15. The second-order valence-electron chi connectivity index (χ2n) is 4.32. The SMILES string of the molecule is CN(C)CCCN(C(N)=O)C(CO)N(C)C. The van der Waals surface area contributed by atoms with Gasteiger partial charge in [-0.15, -0.1) is 0 Å². The van der Waals surface area contributed by atoms with Crippen LogP contribution in [0.4, 0.5) is 4.79 Å². The van der Waals surface area contributed by atoms with E-state index in [1.807, 2.05) is 33.1 Å². The predicted octanol–water partition coefficient (Wildman–Crippen LogP) is -0.801. The Labute approximate surface area is 97.6 Å². The summed E-state index contributed by atoms with van der Waals surface area (Å²) < 4.78 is 0. The lowest BCUT2D eigenvalue weighted by molar-refractivity contribution is 0.0541. The number of aliphatic hydroxyl groups is 1. The molecule has 0 aliphatic carbocycles. The largest absolute Gasteiger partial charge is 0.393 e. The molecule has 6 heteroatoms. The summed E-state index contributed by atoms with van der Waals surface area (Å²) in [6.07, 6.45) is 0.486. The Morgan fingerprint density at radius 3 is 2.12 bits per heavy atom. The molecule has 0 aliphatic heterocycles. The quantitative estimate of drug-likeness (QED) is 0.564. The van der Waals surface area contributed by atoms with E-state index in [0.717, 1.165) is 13.0 Å². The third-order valence-corrected chi connectivity index (χ3v) is 2.41. The first-order valence-corrected chi connectivity index (χ1v) is 5.38. The molecule has 2 amide bonds. The summed E-state index contributed by atoms with van der Waals surface area (Å²) in [7, 11) is 7.57. The van der Waals surface area contributed by atoms with Crippen LogP contribution >= 0.6 is 0 Å². The molecule has 0 rings (SSSR count). The van der Waals surface area contributed by atoms with Crippen LogP contribution in [0.25, 0.3) is 0 Å². The zero-order valence-electron chi connectivity index (χ0n) is 10.7. The molecule has 0 heterocycles. The number of nitrogens with two attached hydrogens (primary N) is 1. The maximum atomic E-state index is 11.3. The highest BCUT2D eigenvalue weighted by Crippen LogP contribution is 2.03. The second kappa shape index (κ2) is 7.43. The van der Waals surface area contributed by atoms with Gasteiger partial charge in [-0.3, -0.25) is 4.90 Å². The minimum Gasteiger partial charge on any atom is -0.393 e. The van der Waals surface area contributed by atoms with E-state index in [0.29, 0.717) is 6.54 Å². The Bertz CT molecular complexity index is 209. The Hall–Kier alpha value is -0.850. The highest BCUT2D eigenvalue weighted by molar-refractivity contribution is 5.72. The van der Waals surface area contributed by atoms with Crippen molar-refractivity contribution in [2.24, 2.45) is 5.73 Å². The maximum absolute atomic E-state index is 11.3. The Balaban J connectivity index is 4.30. The van der Waals surface area contributed by atoms with Crippen molar-refractivity contribution in [3.63, 3.8) is 0 Å². The van der Waals surface area contributed by atoms with Crippen molar-refractivity contribution in [2.45, 2.75) is 12.6 Å². The van der Waals surface area contributed by atoms with E-state index in [2.05, 4.69) is 0 Å². The summed E-state index contributed by atoms with van der Waals surface area (Å²) in [5.74, 6) is 0. The van der Waals surface area contributed by atoms with Crippen LogP contribution in [0.1, 0.15) is 6.42 Å². The number of hydrogen-bond donors (Lipinski definition) is 2. The number of nitrogens with zero attached hydrogens (tertiary/aromatic N) is 3. The molecule has 96 valence electrons. The predicted molar refractivity (Wildman–Crippen MR) is 64.0 cm³/mol. The van der Waals surface area contributed by atoms with Gasteiger partial charge in [-0.25, -0.2) is 4.79 Å². The van der Waals surface area contributed by atoms with Gasteiger partial charge in [0.1, 0.15) is 6.17 Å². The monoisotopic (exact) mass is 232 g/mol. The van der Waals surface area contributed by atoms with E-state index >= 15 is 0 Å². The molecule has 0 aromatic rings. The highest BCUT2D eigenvalue weighted by atomic mass is 16.3. The maximum Gasteiger partial charge on any atom is 0.316 e. The molecular weight excluding hydrogens is 208 g/mol. The summed E-state index contributed by atoms with van der Waals surface area (Å²) in [4.78, 5) is 16.6. The molecule has 0 spiro atoms. The van der Waals surface area contributed by atoms with Gasteiger partial charge in [-0.1, -0.05) is 0 Å². The van der Waals surface area contributed by atoms with E-state index in [9.17, 15) is 9.90 Å². The number of aliphatic hydroxyl groups excluding tert-OH is 1. The number of likely N-dealkylation sites (N-methyl/N-ethyl adjacent to an activating group) is 1. The van der Waals surface area contributed by atoms with E-state index < -0.39 is 6.03 Å². The van der Waals surface area contributed by atoms with Gasteiger partial charge in [-0.2, -0.15) is 0 Å². The lowest BCUT2D eigenvalue weighted by atomic mass is 10.3. The molecule has 1 atom stereocenters. The van der Waals surface area contributed by atoms with E-state index in [-0.39, 0.29) is 12.8 Å². The summed E-state index contributed by atoms with van der Waals surface area (Å²) in [5, 5.41) is 9.22. The minimum absolute atomic E-state index is 0.113. The number of carbonyl (C=O) groups is 1. The van der Waals surface area contributed by atoms with Gasteiger partial charge < -0.3 is 20.6 Å². The van der Waals surface area contributed by atoms with Crippen LogP contribution in [-0.2, 0) is 0 Å². The topological polar surface area (TPSA) is 73.0 Å². The van der Waals surface area contributed by atoms with Gasteiger partial charge in [-0.05, 0) is 41.2 Å². The Kier molecular flexibility index (Phi) is 7.03. The minimum atomic E-state index is -0.494. The van der Waals surface area contributed by atoms with Crippen LogP contribution in [0.5, 0.6) is 0 Å². The molecule has 0 saturated carbocycles. The first-order valence-electron chi connectivity index (χ1n) is 5.38. The molecular formula is C10H24N4O2. The van der Waals surface area contributed by atoms with Crippen LogP contribution < -0.4 is 5.73 Å². The molecule has 0 bridgehead atoms. The molecule has 3 N–H and O–H groups in total. The smallest absolute Gasteiger partial charge is 0.316 e. The fourth-order valence-electron chi connectivity index (χ4n) is 1.50.